The summed E-state index contributed by atoms with van der Waals surface area (Å²) < 4.78 is 31.5. The van der Waals surface area contributed by atoms with Crippen molar-refractivity contribution in [2.45, 2.75) is 50.4 Å². The predicted octanol–water partition coefficient (Wildman–Crippen LogP) is 1.44. The van der Waals surface area contributed by atoms with Gasteiger partial charge in [0.25, 0.3) is 0 Å². The van der Waals surface area contributed by atoms with Gasteiger partial charge >= 0.3 is 0 Å². The minimum atomic E-state index is -3.40. The fourth-order valence-electron chi connectivity index (χ4n) is 3.56. The molecule has 0 spiro atoms. The first-order valence-corrected chi connectivity index (χ1v) is 9.12. The van der Waals surface area contributed by atoms with Crippen LogP contribution in [0.2, 0.25) is 0 Å². The van der Waals surface area contributed by atoms with Crippen molar-refractivity contribution in [3.05, 3.63) is 17.5 Å². The van der Waals surface area contributed by atoms with Crippen LogP contribution in [0.1, 0.15) is 43.6 Å². The first-order valence-electron chi connectivity index (χ1n) is 7.51. The van der Waals surface area contributed by atoms with Crippen molar-refractivity contribution in [3.63, 3.8) is 0 Å². The Hall–Kier alpha value is -0.920. The minimum absolute atomic E-state index is 0.0637. The smallest absolute Gasteiger partial charge is 0.219 e. The minimum Gasteiger partial charge on any atom is -0.390 e. The van der Waals surface area contributed by atoms with E-state index in [1.54, 1.807) is 13.0 Å². The molecule has 6 nitrogen and oxygen atoms in total. The number of aliphatic hydroxyl groups is 1. The van der Waals surface area contributed by atoms with Gasteiger partial charge in [0.15, 0.2) is 0 Å². The van der Waals surface area contributed by atoms with E-state index < -0.39 is 15.6 Å². The molecule has 7 heteroatoms. The Morgan fingerprint density at radius 3 is 3.00 bits per heavy atom. The normalized spacial score (nSPS) is 31.0. The van der Waals surface area contributed by atoms with Gasteiger partial charge in [0, 0.05) is 25.1 Å². The highest BCUT2D eigenvalue weighted by Gasteiger charge is 2.45. The van der Waals surface area contributed by atoms with Gasteiger partial charge in [-0.25, -0.2) is 12.7 Å². The molecule has 1 saturated heterocycles. The second kappa shape index (κ2) is 5.37. The van der Waals surface area contributed by atoms with E-state index in [9.17, 15) is 13.5 Å². The van der Waals surface area contributed by atoms with E-state index >= 15 is 0 Å². The molecule has 1 aromatic rings. The van der Waals surface area contributed by atoms with Crippen LogP contribution in [0.15, 0.2) is 10.6 Å². The molecule has 3 rings (SSSR count). The van der Waals surface area contributed by atoms with Crippen LogP contribution in [-0.2, 0) is 15.8 Å². The van der Waals surface area contributed by atoms with Crippen molar-refractivity contribution in [1.29, 1.82) is 0 Å². The molecule has 2 atom stereocenters. The van der Waals surface area contributed by atoms with E-state index in [1.807, 2.05) is 0 Å². The van der Waals surface area contributed by atoms with Gasteiger partial charge in [0.2, 0.25) is 10.0 Å². The largest absolute Gasteiger partial charge is 0.390 e. The molecule has 0 radical (unpaired) electrons. The van der Waals surface area contributed by atoms with Gasteiger partial charge in [-0.05, 0) is 26.2 Å². The summed E-state index contributed by atoms with van der Waals surface area (Å²) in [5, 5.41) is 14.4. The summed E-state index contributed by atoms with van der Waals surface area (Å²) in [6, 6.07) is 1.65. The lowest BCUT2D eigenvalue weighted by Crippen LogP contribution is -2.54. The molecular weight excluding hydrogens is 292 g/mol. The van der Waals surface area contributed by atoms with E-state index in [0.29, 0.717) is 31.0 Å². The van der Waals surface area contributed by atoms with E-state index in [2.05, 4.69) is 5.16 Å². The molecule has 21 heavy (non-hydrogen) atoms. The SMILES string of the molecule is Cc1cc(CS(=O)(=O)N2CCC3(O)CCCCC3C2)no1. The quantitative estimate of drug-likeness (QED) is 0.912. The fourth-order valence-corrected chi connectivity index (χ4v) is 5.03. The second-order valence-electron chi connectivity index (χ2n) is 6.34. The van der Waals surface area contributed by atoms with Crippen LogP contribution in [0, 0.1) is 12.8 Å². The standard InChI is InChI=1S/C14H22N2O4S/c1-11-8-13(15-20-11)10-21(18,19)16-7-6-14(17)5-3-2-4-12(14)9-16/h8,12,17H,2-7,9-10H2,1H3. The third kappa shape index (κ3) is 3.00. The number of hydrogen-bond acceptors (Lipinski definition) is 5. The molecule has 2 fully saturated rings. The number of sulfonamides is 1. The Labute approximate surface area is 125 Å². The van der Waals surface area contributed by atoms with Gasteiger partial charge in [-0.15, -0.1) is 0 Å². The summed E-state index contributed by atoms with van der Waals surface area (Å²) in [7, 11) is -3.40. The Morgan fingerprint density at radius 1 is 1.48 bits per heavy atom. The summed E-state index contributed by atoms with van der Waals surface area (Å²) in [6.45, 7) is 2.56. The fraction of sp³-hybridized carbons (Fsp3) is 0.786. The Bertz CT molecular complexity index is 612. The van der Waals surface area contributed by atoms with Crippen molar-refractivity contribution < 1.29 is 18.0 Å². The molecule has 0 aromatic carbocycles. The summed E-state index contributed by atoms with van der Waals surface area (Å²) >= 11 is 0. The van der Waals surface area contributed by atoms with Crippen LogP contribution in [0.4, 0.5) is 0 Å². The van der Waals surface area contributed by atoms with Crippen LogP contribution in [0.25, 0.3) is 0 Å². The molecule has 1 aliphatic heterocycles. The molecule has 1 aliphatic carbocycles. The van der Waals surface area contributed by atoms with Gasteiger partial charge in [-0.1, -0.05) is 18.0 Å². The van der Waals surface area contributed by atoms with E-state index in [0.717, 1.165) is 25.7 Å². The first kappa shape index (κ1) is 15.0. The van der Waals surface area contributed by atoms with Gasteiger partial charge in [0.1, 0.15) is 17.2 Å². The molecule has 0 amide bonds. The van der Waals surface area contributed by atoms with Crippen molar-refractivity contribution in [2.24, 2.45) is 5.92 Å². The van der Waals surface area contributed by atoms with Crippen molar-refractivity contribution in [2.75, 3.05) is 13.1 Å². The predicted molar refractivity (Wildman–Crippen MR) is 77.0 cm³/mol. The van der Waals surface area contributed by atoms with E-state index in [4.69, 9.17) is 4.52 Å². The van der Waals surface area contributed by atoms with Gasteiger partial charge in [-0.2, -0.15) is 0 Å². The molecule has 2 heterocycles. The maximum Gasteiger partial charge on any atom is 0.219 e. The first-order chi connectivity index (χ1) is 9.89. The second-order valence-corrected chi connectivity index (χ2v) is 8.31. The van der Waals surface area contributed by atoms with Crippen molar-refractivity contribution >= 4 is 10.0 Å². The summed E-state index contributed by atoms with van der Waals surface area (Å²) in [4.78, 5) is 0. The molecule has 118 valence electrons. The summed E-state index contributed by atoms with van der Waals surface area (Å²) in [5.74, 6) is 0.546. The van der Waals surface area contributed by atoms with E-state index in [1.165, 1.54) is 4.31 Å². The highest BCUT2D eigenvalue weighted by atomic mass is 32.2. The summed E-state index contributed by atoms with van der Waals surface area (Å²) in [6.07, 6.45) is 4.36. The number of piperidine rings is 1. The van der Waals surface area contributed by atoms with Crippen LogP contribution in [-0.4, -0.2) is 41.7 Å². The van der Waals surface area contributed by atoms with Crippen molar-refractivity contribution in [3.8, 4) is 0 Å². The highest BCUT2D eigenvalue weighted by Crippen LogP contribution is 2.40. The molecule has 1 saturated carbocycles. The van der Waals surface area contributed by atoms with Crippen molar-refractivity contribution in [1.82, 2.24) is 9.46 Å². The van der Waals surface area contributed by atoms with Crippen LogP contribution in [0.5, 0.6) is 0 Å². The topological polar surface area (TPSA) is 83.6 Å². The van der Waals surface area contributed by atoms with Gasteiger partial charge in [0.05, 0.1) is 5.60 Å². The Balaban J connectivity index is 1.72. The lowest BCUT2D eigenvalue weighted by Gasteiger charge is -2.46. The maximum absolute atomic E-state index is 12.5. The molecule has 0 bridgehead atoms. The average molecular weight is 314 g/mol. The maximum atomic E-state index is 12.5. The number of hydrogen-bond donors (Lipinski definition) is 1. The Kier molecular flexibility index (Phi) is 3.83. The zero-order valence-electron chi connectivity index (χ0n) is 12.3. The molecule has 2 aliphatic rings. The lowest BCUT2D eigenvalue weighted by atomic mass is 9.72. The van der Waals surface area contributed by atoms with E-state index in [-0.39, 0.29) is 11.7 Å². The van der Waals surface area contributed by atoms with Gasteiger partial charge in [-0.3, -0.25) is 0 Å². The Morgan fingerprint density at radius 2 is 2.29 bits per heavy atom. The van der Waals surface area contributed by atoms with Gasteiger partial charge < -0.3 is 9.63 Å². The zero-order chi connectivity index (χ0) is 15.1. The lowest BCUT2D eigenvalue weighted by molar-refractivity contribution is -0.0816. The molecular formula is C14H22N2O4S. The van der Waals surface area contributed by atoms with Crippen LogP contribution >= 0.6 is 0 Å². The monoisotopic (exact) mass is 314 g/mol. The number of fused-ring (bicyclic) bond motifs is 1. The number of nitrogens with zero attached hydrogens (tertiary/aromatic N) is 2. The molecule has 2 unspecified atom stereocenters. The third-order valence-electron chi connectivity index (χ3n) is 4.79. The average Bonchev–Trinajstić information content (AvgIpc) is 2.82. The number of rotatable bonds is 3. The summed E-state index contributed by atoms with van der Waals surface area (Å²) in [5.41, 5.74) is -0.216. The third-order valence-corrected chi connectivity index (χ3v) is 6.57. The molecule has 1 aromatic heterocycles. The van der Waals surface area contributed by atoms with Crippen LogP contribution < -0.4 is 0 Å². The zero-order valence-corrected chi connectivity index (χ0v) is 13.1. The highest BCUT2D eigenvalue weighted by molar-refractivity contribution is 7.88. The van der Waals surface area contributed by atoms with Crippen LogP contribution in [0.3, 0.4) is 0 Å². The number of aromatic nitrogens is 1. The molecule has 1 N–H and O–H groups in total. The number of aryl methyl sites for hydroxylation is 1.